The van der Waals surface area contributed by atoms with E-state index >= 15 is 0 Å². The maximum absolute atomic E-state index is 9.27. The first kappa shape index (κ1) is 13.1. The van der Waals surface area contributed by atoms with Crippen LogP contribution in [0.25, 0.3) is 0 Å². The number of halogens is 1. The number of hydrogen-bond acceptors (Lipinski definition) is 3. The zero-order chi connectivity index (χ0) is 12.1. The Labute approximate surface area is 115 Å². The zero-order valence-electron chi connectivity index (χ0n) is 9.79. The Morgan fingerprint density at radius 2 is 2.06 bits per heavy atom. The molecule has 0 bridgehead atoms. The standard InChI is InChI=1S/C13H17BrN2S/c14-10-7-13(17-9-10)12(8-15)16-11-5-3-1-2-4-6-11/h7,9,11-12,16H,1-6H2. The van der Waals surface area contributed by atoms with Gasteiger partial charge in [0.05, 0.1) is 6.07 Å². The minimum absolute atomic E-state index is 0.144. The fourth-order valence-corrected chi connectivity index (χ4v) is 3.79. The summed E-state index contributed by atoms with van der Waals surface area (Å²) in [6.07, 6.45) is 7.71. The van der Waals surface area contributed by atoms with Crippen molar-refractivity contribution in [3.05, 3.63) is 20.8 Å². The first-order valence-electron chi connectivity index (χ1n) is 6.19. The molecule has 0 spiro atoms. The Hall–Kier alpha value is -0.370. The number of nitriles is 1. The van der Waals surface area contributed by atoms with Crippen LogP contribution in [-0.4, -0.2) is 6.04 Å². The number of hydrogen-bond donors (Lipinski definition) is 1. The van der Waals surface area contributed by atoms with Gasteiger partial charge in [0, 0.05) is 20.8 Å². The van der Waals surface area contributed by atoms with Gasteiger partial charge in [0.25, 0.3) is 0 Å². The van der Waals surface area contributed by atoms with E-state index in [2.05, 4.69) is 27.3 Å². The summed E-state index contributed by atoms with van der Waals surface area (Å²) in [6.45, 7) is 0. The average Bonchev–Trinajstić information content (AvgIpc) is 2.62. The van der Waals surface area contributed by atoms with Gasteiger partial charge < -0.3 is 0 Å². The predicted octanol–water partition coefficient (Wildman–Crippen LogP) is 4.39. The highest BCUT2D eigenvalue weighted by atomic mass is 79.9. The number of nitrogens with one attached hydrogen (secondary N) is 1. The lowest BCUT2D eigenvalue weighted by Gasteiger charge is -2.19. The van der Waals surface area contributed by atoms with Crippen molar-refractivity contribution >= 4 is 27.3 Å². The molecule has 1 aromatic heterocycles. The van der Waals surface area contributed by atoms with Crippen molar-refractivity contribution in [3.8, 4) is 6.07 Å². The molecule has 1 aliphatic rings. The molecule has 1 saturated carbocycles. The van der Waals surface area contributed by atoms with E-state index in [1.165, 1.54) is 38.5 Å². The molecule has 1 fully saturated rings. The molecule has 17 heavy (non-hydrogen) atoms. The normalized spacial score (nSPS) is 19.5. The van der Waals surface area contributed by atoms with Gasteiger partial charge in [-0.3, -0.25) is 5.32 Å². The van der Waals surface area contributed by atoms with Crippen LogP contribution in [0.3, 0.4) is 0 Å². The molecule has 0 amide bonds. The summed E-state index contributed by atoms with van der Waals surface area (Å²) in [6, 6.07) is 4.79. The monoisotopic (exact) mass is 312 g/mol. The Kier molecular flexibility index (Phi) is 5.02. The minimum Gasteiger partial charge on any atom is -0.295 e. The first-order chi connectivity index (χ1) is 8.29. The summed E-state index contributed by atoms with van der Waals surface area (Å²) >= 11 is 5.08. The largest absolute Gasteiger partial charge is 0.295 e. The Bertz CT molecular complexity index is 388. The van der Waals surface area contributed by atoms with E-state index < -0.39 is 0 Å². The molecule has 0 aliphatic heterocycles. The van der Waals surface area contributed by atoms with Gasteiger partial charge >= 0.3 is 0 Å². The van der Waals surface area contributed by atoms with E-state index in [9.17, 15) is 5.26 Å². The minimum atomic E-state index is -0.144. The van der Waals surface area contributed by atoms with E-state index in [0.717, 1.165) is 9.35 Å². The van der Waals surface area contributed by atoms with Crippen LogP contribution >= 0.6 is 27.3 Å². The molecule has 1 atom stereocenters. The number of thiophene rings is 1. The van der Waals surface area contributed by atoms with Crippen molar-refractivity contribution in [2.45, 2.75) is 50.6 Å². The molecule has 0 saturated heterocycles. The molecule has 92 valence electrons. The van der Waals surface area contributed by atoms with Gasteiger partial charge in [-0.2, -0.15) is 5.26 Å². The van der Waals surface area contributed by atoms with Gasteiger partial charge in [-0.15, -0.1) is 11.3 Å². The molecule has 2 rings (SSSR count). The van der Waals surface area contributed by atoms with Crippen LogP contribution in [0.1, 0.15) is 49.4 Å². The molecule has 1 aromatic rings. The lowest BCUT2D eigenvalue weighted by atomic mass is 10.1. The van der Waals surface area contributed by atoms with E-state index in [0.29, 0.717) is 6.04 Å². The van der Waals surface area contributed by atoms with Crippen molar-refractivity contribution < 1.29 is 0 Å². The third-order valence-corrected chi connectivity index (χ3v) is 5.02. The van der Waals surface area contributed by atoms with Crippen LogP contribution in [0, 0.1) is 11.3 Å². The Morgan fingerprint density at radius 1 is 1.35 bits per heavy atom. The highest BCUT2D eigenvalue weighted by Crippen LogP contribution is 2.27. The van der Waals surface area contributed by atoms with Crippen molar-refractivity contribution in [1.29, 1.82) is 5.26 Å². The van der Waals surface area contributed by atoms with E-state index in [1.54, 1.807) is 11.3 Å². The average molecular weight is 313 g/mol. The van der Waals surface area contributed by atoms with Crippen molar-refractivity contribution in [3.63, 3.8) is 0 Å². The Balaban J connectivity index is 1.97. The smallest absolute Gasteiger partial charge is 0.130 e. The highest BCUT2D eigenvalue weighted by Gasteiger charge is 2.19. The molecule has 0 radical (unpaired) electrons. The molecular formula is C13H17BrN2S. The lowest BCUT2D eigenvalue weighted by Crippen LogP contribution is -2.31. The second-order valence-electron chi connectivity index (χ2n) is 4.58. The second-order valence-corrected chi connectivity index (χ2v) is 6.44. The third kappa shape index (κ3) is 3.80. The van der Waals surface area contributed by atoms with Gasteiger partial charge in [0.1, 0.15) is 6.04 Å². The predicted molar refractivity (Wildman–Crippen MR) is 75.0 cm³/mol. The van der Waals surface area contributed by atoms with Gasteiger partial charge in [0.2, 0.25) is 0 Å². The molecule has 4 heteroatoms. The molecule has 1 N–H and O–H groups in total. The first-order valence-corrected chi connectivity index (χ1v) is 7.86. The lowest BCUT2D eigenvalue weighted by molar-refractivity contribution is 0.439. The Morgan fingerprint density at radius 3 is 2.59 bits per heavy atom. The molecule has 2 nitrogen and oxygen atoms in total. The van der Waals surface area contributed by atoms with Crippen molar-refractivity contribution in [1.82, 2.24) is 5.32 Å². The summed E-state index contributed by atoms with van der Waals surface area (Å²) in [7, 11) is 0. The number of rotatable bonds is 3. The van der Waals surface area contributed by atoms with Crippen LogP contribution in [0.5, 0.6) is 0 Å². The maximum Gasteiger partial charge on any atom is 0.130 e. The van der Waals surface area contributed by atoms with Crippen LogP contribution < -0.4 is 5.32 Å². The van der Waals surface area contributed by atoms with Gasteiger partial charge in [-0.25, -0.2) is 0 Å². The third-order valence-electron chi connectivity index (χ3n) is 3.26. The highest BCUT2D eigenvalue weighted by molar-refractivity contribution is 9.10. The van der Waals surface area contributed by atoms with Crippen LogP contribution in [0.15, 0.2) is 15.9 Å². The summed E-state index contributed by atoms with van der Waals surface area (Å²) in [5.74, 6) is 0. The van der Waals surface area contributed by atoms with E-state index in [-0.39, 0.29) is 6.04 Å². The van der Waals surface area contributed by atoms with E-state index in [1.807, 2.05) is 11.4 Å². The summed E-state index contributed by atoms with van der Waals surface area (Å²) < 4.78 is 1.07. The quantitative estimate of drug-likeness (QED) is 0.840. The topological polar surface area (TPSA) is 35.8 Å². The van der Waals surface area contributed by atoms with Gasteiger partial charge in [-0.05, 0) is 34.8 Å². The molecule has 1 aliphatic carbocycles. The van der Waals surface area contributed by atoms with Crippen LogP contribution in [0.2, 0.25) is 0 Å². The van der Waals surface area contributed by atoms with E-state index in [4.69, 9.17) is 0 Å². The van der Waals surface area contributed by atoms with Crippen molar-refractivity contribution in [2.24, 2.45) is 0 Å². The fourth-order valence-electron chi connectivity index (χ4n) is 2.34. The zero-order valence-corrected chi connectivity index (χ0v) is 12.2. The maximum atomic E-state index is 9.27. The fraction of sp³-hybridized carbons (Fsp3) is 0.615. The second kappa shape index (κ2) is 6.53. The van der Waals surface area contributed by atoms with Crippen LogP contribution in [-0.2, 0) is 0 Å². The van der Waals surface area contributed by atoms with Crippen LogP contribution in [0.4, 0.5) is 0 Å². The molecule has 0 aromatic carbocycles. The number of nitrogens with zero attached hydrogens (tertiary/aromatic N) is 1. The molecular weight excluding hydrogens is 296 g/mol. The SMILES string of the molecule is N#CC(NC1CCCCCC1)c1cc(Br)cs1. The summed E-state index contributed by atoms with van der Waals surface area (Å²) in [4.78, 5) is 1.11. The summed E-state index contributed by atoms with van der Waals surface area (Å²) in [5.41, 5.74) is 0. The van der Waals surface area contributed by atoms with Crippen molar-refractivity contribution in [2.75, 3.05) is 0 Å². The summed E-state index contributed by atoms with van der Waals surface area (Å²) in [5, 5.41) is 14.8. The molecule has 1 unspecified atom stereocenters. The van der Waals surface area contributed by atoms with Gasteiger partial charge in [-0.1, -0.05) is 25.7 Å². The van der Waals surface area contributed by atoms with Gasteiger partial charge in [0.15, 0.2) is 0 Å². The molecule has 1 heterocycles.